The van der Waals surface area contributed by atoms with Crippen molar-refractivity contribution in [2.75, 3.05) is 10.3 Å². The van der Waals surface area contributed by atoms with E-state index in [1.807, 2.05) is 31.2 Å². The minimum atomic E-state index is -0.574. The molecule has 9 heteroatoms. The maximum absolute atomic E-state index is 13.1. The van der Waals surface area contributed by atoms with Gasteiger partial charge < -0.3 is 5.32 Å². The average molecular weight is 497 g/mol. The van der Waals surface area contributed by atoms with Gasteiger partial charge in [0.2, 0.25) is 5.13 Å². The number of hydrogen-bond donors (Lipinski definition) is 2. The number of hydrazine groups is 1. The van der Waals surface area contributed by atoms with E-state index in [1.54, 1.807) is 53.9 Å². The number of rotatable bonds is 4. The number of amides is 3. The summed E-state index contributed by atoms with van der Waals surface area (Å²) in [6, 6.07) is 20.3. The third kappa shape index (κ3) is 5.70. The van der Waals surface area contributed by atoms with E-state index in [2.05, 4.69) is 15.7 Å². The highest BCUT2D eigenvalue weighted by Crippen LogP contribution is 2.28. The number of carbonyl (C=O) groups excluding carboxylic acids is 2. The average Bonchev–Trinajstić information content (AvgIpc) is 3.29. The van der Waals surface area contributed by atoms with Crippen LogP contribution in [0.1, 0.15) is 15.9 Å². The highest BCUT2D eigenvalue weighted by Gasteiger charge is 2.23. The fourth-order valence-electron chi connectivity index (χ4n) is 2.89. The van der Waals surface area contributed by atoms with Gasteiger partial charge in [-0.3, -0.25) is 10.2 Å². The molecule has 3 amide bonds. The summed E-state index contributed by atoms with van der Waals surface area (Å²) >= 11 is 13.1. The van der Waals surface area contributed by atoms with Gasteiger partial charge in [-0.25, -0.2) is 9.78 Å². The molecule has 0 spiro atoms. The number of carbonyl (C=O) groups is 2. The van der Waals surface area contributed by atoms with E-state index in [1.165, 1.54) is 11.3 Å². The highest BCUT2D eigenvalue weighted by molar-refractivity contribution is 7.14. The smallest absolute Gasteiger partial charge is 0.306 e. The first-order valence-electron chi connectivity index (χ1n) is 9.85. The van der Waals surface area contributed by atoms with Crippen LogP contribution in [0.4, 0.5) is 15.6 Å². The minimum Gasteiger partial charge on any atom is -0.306 e. The molecule has 0 atom stereocenters. The maximum Gasteiger partial charge on any atom is 0.347 e. The number of nitrogens with one attached hydrogen (secondary N) is 2. The number of halogens is 2. The van der Waals surface area contributed by atoms with E-state index in [-0.39, 0.29) is 0 Å². The molecule has 0 saturated heterocycles. The molecular weight excluding hydrogens is 479 g/mol. The molecule has 0 saturated carbocycles. The van der Waals surface area contributed by atoms with Gasteiger partial charge in [0.15, 0.2) is 0 Å². The molecule has 4 aromatic rings. The number of aromatic nitrogens is 1. The van der Waals surface area contributed by atoms with Crippen LogP contribution in [-0.4, -0.2) is 16.9 Å². The molecule has 0 fully saturated rings. The summed E-state index contributed by atoms with van der Waals surface area (Å²) in [7, 11) is 0. The lowest BCUT2D eigenvalue weighted by atomic mass is 10.1. The summed E-state index contributed by atoms with van der Waals surface area (Å²) in [5, 5.41) is 7.11. The van der Waals surface area contributed by atoms with Gasteiger partial charge in [-0.15, -0.1) is 11.3 Å². The number of nitrogens with zero attached hydrogens (tertiary/aromatic N) is 2. The summed E-state index contributed by atoms with van der Waals surface area (Å²) in [5.74, 6) is -0.440. The van der Waals surface area contributed by atoms with Crippen LogP contribution in [0.2, 0.25) is 10.0 Å². The van der Waals surface area contributed by atoms with Crippen molar-refractivity contribution in [3.63, 3.8) is 0 Å². The van der Waals surface area contributed by atoms with Crippen molar-refractivity contribution in [3.05, 3.63) is 99.3 Å². The summed E-state index contributed by atoms with van der Waals surface area (Å²) < 4.78 is 0. The first kappa shape index (κ1) is 22.8. The van der Waals surface area contributed by atoms with Crippen molar-refractivity contribution in [2.45, 2.75) is 6.92 Å². The van der Waals surface area contributed by atoms with E-state index >= 15 is 0 Å². The Morgan fingerprint density at radius 2 is 1.48 bits per heavy atom. The van der Waals surface area contributed by atoms with E-state index in [4.69, 9.17) is 23.2 Å². The second-order valence-corrected chi connectivity index (χ2v) is 8.81. The minimum absolute atomic E-state index is 0.298. The third-order valence-electron chi connectivity index (χ3n) is 4.65. The maximum atomic E-state index is 13.1. The van der Waals surface area contributed by atoms with E-state index in [0.29, 0.717) is 32.1 Å². The van der Waals surface area contributed by atoms with Crippen molar-refractivity contribution in [2.24, 2.45) is 0 Å². The van der Waals surface area contributed by atoms with E-state index in [9.17, 15) is 9.59 Å². The van der Waals surface area contributed by atoms with Crippen LogP contribution >= 0.6 is 34.5 Å². The second kappa shape index (κ2) is 10.0. The number of hydrogen-bond acceptors (Lipinski definition) is 4. The normalized spacial score (nSPS) is 10.5. The monoisotopic (exact) mass is 496 g/mol. The Kier molecular flexibility index (Phi) is 6.93. The fraction of sp³-hybridized carbons (Fsp3) is 0.0417. The molecule has 0 bridgehead atoms. The summed E-state index contributed by atoms with van der Waals surface area (Å²) in [6.07, 6.45) is 0. The molecule has 4 rings (SSSR count). The van der Waals surface area contributed by atoms with Crippen LogP contribution in [0.25, 0.3) is 11.3 Å². The van der Waals surface area contributed by atoms with E-state index < -0.39 is 11.9 Å². The molecule has 3 aromatic carbocycles. The molecule has 166 valence electrons. The Morgan fingerprint density at radius 3 is 2.12 bits per heavy atom. The van der Waals surface area contributed by atoms with Crippen LogP contribution in [0.3, 0.4) is 0 Å². The Balaban J connectivity index is 1.62. The van der Waals surface area contributed by atoms with Gasteiger partial charge in [0.1, 0.15) is 0 Å². The number of benzene rings is 3. The first-order valence-corrected chi connectivity index (χ1v) is 11.5. The summed E-state index contributed by atoms with van der Waals surface area (Å²) in [6.45, 7) is 1.93. The van der Waals surface area contributed by atoms with Gasteiger partial charge in [0, 0.05) is 32.2 Å². The Morgan fingerprint density at radius 1 is 0.879 bits per heavy atom. The van der Waals surface area contributed by atoms with Gasteiger partial charge in [-0.2, -0.15) is 5.01 Å². The molecule has 1 aromatic heterocycles. The predicted molar refractivity (Wildman–Crippen MR) is 134 cm³/mol. The third-order valence-corrected chi connectivity index (χ3v) is 5.98. The zero-order chi connectivity index (χ0) is 23.4. The lowest BCUT2D eigenvalue weighted by Crippen LogP contribution is -2.48. The lowest BCUT2D eigenvalue weighted by molar-refractivity contribution is 0.0951. The highest BCUT2D eigenvalue weighted by atomic mass is 35.5. The van der Waals surface area contributed by atoms with Gasteiger partial charge in [-0.1, -0.05) is 53.0 Å². The van der Waals surface area contributed by atoms with Crippen LogP contribution in [0.5, 0.6) is 0 Å². The van der Waals surface area contributed by atoms with Crippen molar-refractivity contribution in [1.82, 2.24) is 10.4 Å². The van der Waals surface area contributed by atoms with Crippen molar-refractivity contribution >= 4 is 57.3 Å². The number of anilines is 2. The topological polar surface area (TPSA) is 74.3 Å². The molecule has 0 unspecified atom stereocenters. The Labute approximate surface area is 204 Å². The van der Waals surface area contributed by atoms with Gasteiger partial charge >= 0.3 is 6.03 Å². The lowest BCUT2D eigenvalue weighted by Gasteiger charge is -2.21. The van der Waals surface area contributed by atoms with Crippen molar-refractivity contribution < 1.29 is 9.59 Å². The molecule has 33 heavy (non-hydrogen) atoms. The Bertz CT molecular complexity index is 1270. The quantitative estimate of drug-likeness (QED) is 0.304. The number of urea groups is 1. The molecular formula is C24H18Cl2N4O2S. The molecule has 0 aliphatic heterocycles. The van der Waals surface area contributed by atoms with Crippen LogP contribution < -0.4 is 15.8 Å². The zero-order valence-corrected chi connectivity index (χ0v) is 19.7. The molecule has 1 heterocycles. The van der Waals surface area contributed by atoms with Crippen molar-refractivity contribution in [3.8, 4) is 11.3 Å². The van der Waals surface area contributed by atoms with E-state index in [0.717, 1.165) is 16.1 Å². The van der Waals surface area contributed by atoms with Crippen molar-refractivity contribution in [1.29, 1.82) is 0 Å². The number of thiazole rings is 1. The SMILES string of the molecule is Cc1ccc(C(=O)NN(C(=O)Nc2ccc(Cl)cc2)c2nc(-c3ccc(Cl)cc3)cs2)cc1. The van der Waals surface area contributed by atoms with Crippen LogP contribution in [0.15, 0.2) is 78.2 Å². The second-order valence-electron chi connectivity index (χ2n) is 7.10. The zero-order valence-electron chi connectivity index (χ0n) is 17.4. The molecule has 2 N–H and O–H groups in total. The molecule has 6 nitrogen and oxygen atoms in total. The molecule has 0 radical (unpaired) electrons. The van der Waals surface area contributed by atoms with Crippen LogP contribution in [-0.2, 0) is 0 Å². The molecule has 0 aliphatic rings. The fourth-order valence-corrected chi connectivity index (χ4v) is 3.93. The van der Waals surface area contributed by atoms with Gasteiger partial charge in [-0.05, 0) is 55.5 Å². The summed E-state index contributed by atoms with van der Waals surface area (Å²) in [5.41, 5.74) is 6.11. The first-order chi connectivity index (χ1) is 15.9. The van der Waals surface area contributed by atoms with Gasteiger partial charge in [0.05, 0.1) is 5.69 Å². The van der Waals surface area contributed by atoms with Gasteiger partial charge in [0.25, 0.3) is 5.91 Å². The Hall–Kier alpha value is -3.39. The molecule has 0 aliphatic carbocycles. The van der Waals surface area contributed by atoms with Crippen LogP contribution in [0, 0.1) is 6.92 Å². The predicted octanol–water partition coefficient (Wildman–Crippen LogP) is 6.81. The summed E-state index contributed by atoms with van der Waals surface area (Å²) in [4.78, 5) is 30.5. The standard InChI is InChI=1S/C24H18Cl2N4O2S/c1-15-2-4-17(5-3-15)22(31)29-30(23(32)27-20-12-10-19(26)11-13-20)24-28-21(14-33-24)16-6-8-18(25)9-7-16/h2-14H,1H3,(H,27,32)(H,29,31). The number of aryl methyl sites for hydroxylation is 1. The largest absolute Gasteiger partial charge is 0.347 e.